The van der Waals surface area contributed by atoms with Gasteiger partial charge >= 0.3 is 51.9 Å². The Hall–Kier alpha value is -1.74. The van der Waals surface area contributed by atoms with Crippen LogP contribution in [0.3, 0.4) is 0 Å². The second kappa shape index (κ2) is 10.2. The van der Waals surface area contributed by atoms with Crippen molar-refractivity contribution in [2.24, 2.45) is 0 Å². The van der Waals surface area contributed by atoms with E-state index < -0.39 is 98.2 Å². The summed E-state index contributed by atoms with van der Waals surface area (Å²) in [5.41, 5.74) is -6.22. The first-order valence-corrected chi connectivity index (χ1v) is 14.5. The summed E-state index contributed by atoms with van der Waals surface area (Å²) in [5.74, 6) is -16.0. The van der Waals surface area contributed by atoms with Crippen molar-refractivity contribution >= 4 is 58.8 Å². The van der Waals surface area contributed by atoms with Crippen molar-refractivity contribution in [3.63, 3.8) is 0 Å². The third kappa shape index (κ3) is 5.79. The predicted molar refractivity (Wildman–Crippen MR) is 117 cm³/mol. The van der Waals surface area contributed by atoms with Gasteiger partial charge in [-0.2, -0.15) is 60.4 Å². The summed E-state index contributed by atoms with van der Waals surface area (Å²) < 4.78 is 229. The van der Waals surface area contributed by atoms with Crippen LogP contribution in [0.1, 0.15) is 24.2 Å². The number of benzene rings is 1. The molecule has 0 saturated heterocycles. The van der Waals surface area contributed by atoms with Crippen molar-refractivity contribution in [2.75, 3.05) is 0 Å². The highest BCUT2D eigenvalue weighted by atomic mass is 127. The van der Waals surface area contributed by atoms with Crippen LogP contribution in [-0.4, -0.2) is 69.0 Å². The second-order valence-electron chi connectivity index (χ2n) is 7.61. The number of carbonyl (C=O) groups is 1. The number of sulfonamides is 1. The molecule has 1 amide bonds. The van der Waals surface area contributed by atoms with Gasteiger partial charge < -0.3 is 4.18 Å². The molecule has 0 fully saturated rings. The Balaban J connectivity index is 3.40. The van der Waals surface area contributed by atoms with Crippen LogP contribution >= 0.6 is 22.6 Å². The van der Waals surface area contributed by atoms with Gasteiger partial charge in [0.1, 0.15) is 0 Å². The number of nitrogens with one attached hydrogen (secondary N) is 1. The molecule has 0 radical (unpaired) electrons. The van der Waals surface area contributed by atoms with Gasteiger partial charge in [0.15, 0.2) is 5.75 Å². The molecule has 232 valence electrons. The molecule has 0 aliphatic carbocycles. The van der Waals surface area contributed by atoms with Crippen molar-refractivity contribution < 1.29 is 87.1 Å². The second-order valence-corrected chi connectivity index (χ2v) is 13.5. The average molecular weight is 781 g/mol. The Morgan fingerprint density at radius 2 is 1.27 bits per heavy atom. The van der Waals surface area contributed by atoms with Crippen LogP contribution in [-0.2, 0) is 30.3 Å². The largest absolute Gasteiger partial charge is 0.450 e. The van der Waals surface area contributed by atoms with Gasteiger partial charge in [0, 0.05) is 12.5 Å². The van der Waals surface area contributed by atoms with E-state index in [0.717, 1.165) is 22.6 Å². The van der Waals surface area contributed by atoms with E-state index in [4.69, 9.17) is 4.55 Å². The number of halogens is 12. The van der Waals surface area contributed by atoms with E-state index in [1.54, 1.807) is 0 Å². The molecule has 0 aliphatic heterocycles. The zero-order valence-corrected chi connectivity index (χ0v) is 23.3. The molecule has 1 aromatic carbocycles. The lowest BCUT2D eigenvalue weighted by atomic mass is 10.0. The average Bonchev–Trinajstić information content (AvgIpc) is 2.72. The Kier molecular flexibility index (Phi) is 9.26. The van der Waals surface area contributed by atoms with Gasteiger partial charge in [-0.3, -0.25) is 9.35 Å². The van der Waals surface area contributed by atoms with Crippen LogP contribution in [0.5, 0.6) is 5.75 Å². The maximum Gasteiger partial charge on any atom is 0.450 e. The number of carbonyl (C=O) groups excluding carboxylic acids is 1. The molecule has 10 nitrogen and oxygen atoms in total. The van der Waals surface area contributed by atoms with Crippen molar-refractivity contribution in [1.29, 1.82) is 0 Å². The number of hydrogen-bond acceptors (Lipinski definition) is 8. The Morgan fingerprint density at radius 1 is 0.825 bits per heavy atom. The zero-order chi connectivity index (χ0) is 32.3. The predicted octanol–water partition coefficient (Wildman–Crippen LogP) is 3.74. The van der Waals surface area contributed by atoms with Crippen LogP contribution in [0.4, 0.5) is 48.3 Å². The SMILES string of the molecule is CC(F)(F)C(C)(F)C(F)(F)S(=O)(=O)NC(=O)c1ccc(OS(=O)(=O)C(F)(F)C(F)(F)C(F)(F)S(=O)(=O)O)c(I)c1. The van der Waals surface area contributed by atoms with E-state index in [1.165, 1.54) is 0 Å². The molecule has 0 aromatic heterocycles. The lowest BCUT2D eigenvalue weighted by molar-refractivity contribution is -0.247. The minimum atomic E-state index is -7.36. The van der Waals surface area contributed by atoms with Gasteiger partial charge in [0.25, 0.3) is 11.8 Å². The highest BCUT2D eigenvalue weighted by Crippen LogP contribution is 2.51. The molecule has 1 aromatic rings. The number of alkyl halides is 11. The fraction of sp³-hybridized carbons (Fsp3) is 0.533. The normalized spacial score (nSPS) is 16.3. The molecule has 0 aliphatic rings. The fourth-order valence-electron chi connectivity index (χ4n) is 2.12. The molecule has 1 rings (SSSR count). The third-order valence-electron chi connectivity index (χ3n) is 4.70. The lowest BCUT2D eigenvalue weighted by Crippen LogP contribution is -2.61. The Bertz CT molecular complexity index is 1510. The van der Waals surface area contributed by atoms with E-state index >= 15 is 0 Å². The number of amides is 1. The lowest BCUT2D eigenvalue weighted by Gasteiger charge is -2.33. The third-order valence-corrected chi connectivity index (χ3v) is 9.24. The molecule has 2 N–H and O–H groups in total. The Labute approximate surface area is 230 Å². The topological polar surface area (TPSA) is 161 Å². The summed E-state index contributed by atoms with van der Waals surface area (Å²) in [6.45, 7) is -0.909. The standard InChI is InChI=1S/C15H11F11INO9S3/c1-10(16,11(2,17)18)13(21,22)38(30,31)28-9(29)6-3-4-8(7(27)5-6)37-40(35,36)15(25,26)12(19,20)14(23,24)39(32,33)34/h3-5H,1-2H3,(H,28,29)(H,32,33,34). The van der Waals surface area contributed by atoms with Crippen molar-refractivity contribution in [3.8, 4) is 5.75 Å². The maximum absolute atomic E-state index is 14.1. The van der Waals surface area contributed by atoms with Gasteiger partial charge in [-0.15, -0.1) is 0 Å². The van der Waals surface area contributed by atoms with Gasteiger partial charge in [0.2, 0.25) is 5.67 Å². The number of rotatable bonds is 11. The molecule has 40 heavy (non-hydrogen) atoms. The zero-order valence-electron chi connectivity index (χ0n) is 18.7. The van der Waals surface area contributed by atoms with E-state index in [2.05, 4.69) is 4.18 Å². The van der Waals surface area contributed by atoms with Crippen molar-refractivity contribution in [3.05, 3.63) is 27.3 Å². The molecular formula is C15H11F11INO9S3. The minimum Gasteiger partial charge on any atom is -0.377 e. The molecule has 0 heterocycles. The quantitative estimate of drug-likeness (QED) is 0.148. The van der Waals surface area contributed by atoms with Crippen molar-refractivity contribution in [1.82, 2.24) is 4.72 Å². The molecule has 25 heteroatoms. The molecule has 0 saturated carbocycles. The highest BCUT2D eigenvalue weighted by molar-refractivity contribution is 14.1. The summed E-state index contributed by atoms with van der Waals surface area (Å²) in [7, 11) is -21.2. The first kappa shape index (κ1) is 36.3. The van der Waals surface area contributed by atoms with Crippen LogP contribution in [0.15, 0.2) is 18.2 Å². The Morgan fingerprint density at radius 3 is 1.65 bits per heavy atom. The minimum absolute atomic E-state index is 0.0770. The van der Waals surface area contributed by atoms with Crippen LogP contribution in [0.2, 0.25) is 0 Å². The van der Waals surface area contributed by atoms with Gasteiger partial charge in [-0.05, 0) is 47.7 Å². The first-order valence-electron chi connectivity index (χ1n) is 9.08. The van der Waals surface area contributed by atoms with Gasteiger partial charge in [-0.1, -0.05) is 0 Å². The molecule has 0 spiro atoms. The molecule has 0 bridgehead atoms. The maximum atomic E-state index is 14.1. The van der Waals surface area contributed by atoms with Crippen LogP contribution < -0.4 is 8.91 Å². The summed E-state index contributed by atoms with van der Waals surface area (Å²) in [5, 5.41) is -20.1. The molecule has 1 unspecified atom stereocenters. The summed E-state index contributed by atoms with van der Waals surface area (Å²) in [6.07, 6.45) is 0. The van der Waals surface area contributed by atoms with Gasteiger partial charge in [-0.25, -0.2) is 17.9 Å². The molecule has 1 atom stereocenters. The first-order chi connectivity index (χ1) is 17.2. The summed E-state index contributed by atoms with van der Waals surface area (Å²) in [4.78, 5) is 12.0. The van der Waals surface area contributed by atoms with Crippen LogP contribution in [0.25, 0.3) is 0 Å². The number of hydrogen-bond donors (Lipinski definition) is 2. The summed E-state index contributed by atoms with van der Waals surface area (Å²) in [6, 6.07) is 0.469. The van der Waals surface area contributed by atoms with Crippen molar-refractivity contribution in [2.45, 2.75) is 47.1 Å². The monoisotopic (exact) mass is 781 g/mol. The highest BCUT2D eigenvalue weighted by Gasteiger charge is 2.83. The smallest absolute Gasteiger partial charge is 0.377 e. The van der Waals surface area contributed by atoms with Crippen LogP contribution in [0, 0.1) is 3.57 Å². The van der Waals surface area contributed by atoms with E-state index in [0.29, 0.717) is 4.72 Å². The fourth-order valence-corrected chi connectivity index (χ4v) is 5.52. The summed E-state index contributed by atoms with van der Waals surface area (Å²) >= 11 is 0.872. The molecular weight excluding hydrogens is 770 g/mol. The van der Waals surface area contributed by atoms with E-state index in [1.807, 2.05) is 0 Å². The van der Waals surface area contributed by atoms with E-state index in [-0.39, 0.29) is 18.2 Å². The van der Waals surface area contributed by atoms with Gasteiger partial charge in [0.05, 0.1) is 3.57 Å². The van der Waals surface area contributed by atoms with E-state index in [9.17, 15) is 78.3 Å².